The number of ether oxygens (including phenoxy) is 2. The number of alkyl halides is 1. The van der Waals surface area contributed by atoms with E-state index in [-0.39, 0.29) is 34.5 Å². The molecule has 162 valence electrons. The minimum atomic E-state index is -0.909. The number of pyridine rings is 1. The zero-order valence-corrected chi connectivity index (χ0v) is 17.3. The van der Waals surface area contributed by atoms with Gasteiger partial charge in [-0.25, -0.2) is 8.78 Å². The first-order valence-corrected chi connectivity index (χ1v) is 10.9. The van der Waals surface area contributed by atoms with Crippen molar-refractivity contribution in [2.45, 2.75) is 44.3 Å². The number of aromatic nitrogens is 3. The highest BCUT2D eigenvalue weighted by atomic mass is 35.5. The van der Waals surface area contributed by atoms with Gasteiger partial charge in [-0.05, 0) is 44.6 Å². The van der Waals surface area contributed by atoms with Crippen molar-refractivity contribution in [3.63, 3.8) is 0 Å². The second kappa shape index (κ2) is 8.26. The normalized spacial score (nSPS) is 26.5. The third-order valence-electron chi connectivity index (χ3n) is 6.10. The molecule has 2 aromatic rings. The third-order valence-corrected chi connectivity index (χ3v) is 6.35. The van der Waals surface area contributed by atoms with Gasteiger partial charge in [-0.2, -0.15) is 15.0 Å². The summed E-state index contributed by atoms with van der Waals surface area (Å²) < 4.78 is 40.6. The molecule has 1 N–H and O–H groups in total. The number of halogens is 3. The van der Waals surface area contributed by atoms with Gasteiger partial charge in [0.1, 0.15) is 29.5 Å². The molecule has 3 atom stereocenters. The second-order valence-corrected chi connectivity index (χ2v) is 8.59. The van der Waals surface area contributed by atoms with Crippen molar-refractivity contribution < 1.29 is 18.3 Å². The lowest BCUT2D eigenvalue weighted by Crippen LogP contribution is -2.33. The van der Waals surface area contributed by atoms with Crippen molar-refractivity contribution >= 4 is 28.3 Å². The van der Waals surface area contributed by atoms with Crippen molar-refractivity contribution in [1.82, 2.24) is 20.3 Å². The summed E-state index contributed by atoms with van der Waals surface area (Å²) in [4.78, 5) is 15.1. The van der Waals surface area contributed by atoms with Crippen LogP contribution in [0.3, 0.4) is 0 Å². The summed E-state index contributed by atoms with van der Waals surface area (Å²) >= 11 is 5.99. The van der Waals surface area contributed by atoms with Crippen LogP contribution < -0.4 is 19.7 Å². The van der Waals surface area contributed by atoms with E-state index in [4.69, 9.17) is 21.1 Å². The molecule has 0 saturated carbocycles. The zero-order valence-electron chi connectivity index (χ0n) is 16.5. The molecule has 7 nitrogen and oxygen atoms in total. The highest BCUT2D eigenvalue weighted by Crippen LogP contribution is 2.41. The number of anilines is 1. The molecule has 10 heteroatoms. The molecule has 3 aliphatic heterocycles. The van der Waals surface area contributed by atoms with Crippen molar-refractivity contribution in [2.75, 3.05) is 37.7 Å². The van der Waals surface area contributed by atoms with Gasteiger partial charge < -0.3 is 19.7 Å². The first-order valence-electron chi connectivity index (χ1n) is 10.5. The van der Waals surface area contributed by atoms with Gasteiger partial charge in [0, 0.05) is 13.1 Å². The second-order valence-electron chi connectivity index (χ2n) is 8.23. The summed E-state index contributed by atoms with van der Waals surface area (Å²) in [5, 5.41) is 3.24. The van der Waals surface area contributed by atoms with Crippen LogP contribution in [-0.2, 0) is 0 Å². The van der Waals surface area contributed by atoms with Gasteiger partial charge in [-0.1, -0.05) is 11.6 Å². The molecule has 0 radical (unpaired) electrons. The van der Waals surface area contributed by atoms with Crippen LogP contribution in [0.15, 0.2) is 0 Å². The Hall–Kier alpha value is -2.00. The lowest BCUT2D eigenvalue weighted by atomic mass is 9.96. The summed E-state index contributed by atoms with van der Waals surface area (Å²) in [5.74, 6) is 0.161. The van der Waals surface area contributed by atoms with Crippen molar-refractivity contribution in [2.24, 2.45) is 5.92 Å². The summed E-state index contributed by atoms with van der Waals surface area (Å²) in [5.41, 5.74) is 0.0442. The molecule has 0 bridgehead atoms. The van der Waals surface area contributed by atoms with E-state index in [9.17, 15) is 8.78 Å². The lowest BCUT2D eigenvalue weighted by molar-refractivity contribution is 0.166. The SMILES string of the molecule is Fc1c(Cl)nc2c3c(nc(OC[C@@H]4CCCNC[C@H](F)C4)nc13)N1CCC[C@H]1CO2. The van der Waals surface area contributed by atoms with Crippen LogP contribution in [0.4, 0.5) is 14.6 Å². The van der Waals surface area contributed by atoms with Crippen LogP contribution >= 0.6 is 11.6 Å². The van der Waals surface area contributed by atoms with Crippen molar-refractivity contribution in [1.29, 1.82) is 0 Å². The maximum Gasteiger partial charge on any atom is 0.319 e. The molecule has 30 heavy (non-hydrogen) atoms. The van der Waals surface area contributed by atoms with E-state index < -0.39 is 12.0 Å². The highest BCUT2D eigenvalue weighted by Gasteiger charge is 2.34. The van der Waals surface area contributed by atoms with Gasteiger partial charge in [0.05, 0.1) is 12.6 Å². The zero-order chi connectivity index (χ0) is 20.7. The maximum atomic E-state index is 14.8. The van der Waals surface area contributed by atoms with Gasteiger partial charge in [-0.3, -0.25) is 0 Å². The molecular weight excluding hydrogens is 416 g/mol. The van der Waals surface area contributed by atoms with E-state index in [1.54, 1.807) is 0 Å². The molecule has 2 saturated heterocycles. The topological polar surface area (TPSA) is 72.4 Å². The molecule has 2 aromatic heterocycles. The summed E-state index contributed by atoms with van der Waals surface area (Å²) in [6.45, 7) is 2.68. The Morgan fingerprint density at radius 3 is 3.03 bits per heavy atom. The smallest absolute Gasteiger partial charge is 0.319 e. The molecule has 0 amide bonds. The summed E-state index contributed by atoms with van der Waals surface area (Å²) in [7, 11) is 0. The molecular formula is C20H24ClF2N5O2. The van der Waals surface area contributed by atoms with Crippen LogP contribution in [0.25, 0.3) is 10.9 Å². The number of hydrogen-bond acceptors (Lipinski definition) is 7. The minimum absolute atomic E-state index is 0.0442. The average molecular weight is 440 g/mol. The molecule has 0 spiro atoms. The predicted molar refractivity (Wildman–Crippen MR) is 109 cm³/mol. The molecule has 0 aromatic carbocycles. The number of rotatable bonds is 3. The summed E-state index contributed by atoms with van der Waals surface area (Å²) in [6.07, 6.45) is 3.28. The van der Waals surface area contributed by atoms with Crippen LogP contribution in [0, 0.1) is 11.7 Å². The standard InChI is InChI=1S/C20H24ClF2N5O2/c21-17-15(23)16-14-18(28-6-2-4-13(28)10-29-19(14)26-17)27-20(25-16)30-9-11-3-1-5-24-8-12(22)7-11/h11-13,24H,1-10H2/t11-,12-,13+/m1/s1. The monoisotopic (exact) mass is 439 g/mol. The quantitative estimate of drug-likeness (QED) is 0.736. The van der Waals surface area contributed by atoms with Gasteiger partial charge >= 0.3 is 6.01 Å². The maximum absolute atomic E-state index is 14.8. The fraction of sp³-hybridized carbons (Fsp3) is 0.650. The molecule has 5 heterocycles. The number of nitrogens with zero attached hydrogens (tertiary/aromatic N) is 4. The fourth-order valence-corrected chi connectivity index (χ4v) is 4.76. The Balaban J connectivity index is 1.49. The Kier molecular flexibility index (Phi) is 5.49. The summed E-state index contributed by atoms with van der Waals surface area (Å²) in [6, 6.07) is 0.213. The Morgan fingerprint density at radius 1 is 1.23 bits per heavy atom. The molecule has 0 aliphatic carbocycles. The van der Waals surface area contributed by atoms with Crippen LogP contribution in [0.2, 0.25) is 5.15 Å². The highest BCUT2D eigenvalue weighted by molar-refractivity contribution is 6.30. The van der Waals surface area contributed by atoms with E-state index in [2.05, 4.69) is 25.2 Å². The van der Waals surface area contributed by atoms with Gasteiger partial charge in [0.15, 0.2) is 11.0 Å². The van der Waals surface area contributed by atoms with Crippen LogP contribution in [-0.4, -0.2) is 60.0 Å². The Morgan fingerprint density at radius 2 is 2.13 bits per heavy atom. The average Bonchev–Trinajstić information content (AvgIpc) is 3.14. The van der Waals surface area contributed by atoms with E-state index in [0.29, 0.717) is 37.4 Å². The van der Waals surface area contributed by atoms with Gasteiger partial charge in [-0.15, -0.1) is 0 Å². The first kappa shape index (κ1) is 19.9. The first-order chi connectivity index (χ1) is 14.6. The van der Waals surface area contributed by atoms with Gasteiger partial charge in [0.2, 0.25) is 5.88 Å². The van der Waals surface area contributed by atoms with Crippen LogP contribution in [0.1, 0.15) is 32.1 Å². The van der Waals surface area contributed by atoms with E-state index in [1.165, 1.54) is 0 Å². The van der Waals surface area contributed by atoms with Crippen molar-refractivity contribution in [3.8, 4) is 11.9 Å². The van der Waals surface area contributed by atoms with Crippen LogP contribution in [0.5, 0.6) is 11.9 Å². The van der Waals surface area contributed by atoms with Gasteiger partial charge in [0.25, 0.3) is 0 Å². The number of fused-ring (bicyclic) bond motifs is 2. The van der Waals surface area contributed by atoms with E-state index in [0.717, 1.165) is 38.8 Å². The Labute approximate surface area is 178 Å². The number of nitrogens with one attached hydrogen (secondary N) is 1. The van der Waals surface area contributed by atoms with E-state index >= 15 is 0 Å². The third kappa shape index (κ3) is 3.73. The minimum Gasteiger partial charge on any atom is -0.475 e. The molecule has 3 aliphatic rings. The Bertz CT molecular complexity index is 949. The van der Waals surface area contributed by atoms with E-state index in [1.807, 2.05) is 0 Å². The lowest BCUT2D eigenvalue weighted by Gasteiger charge is -2.24. The van der Waals surface area contributed by atoms with Crippen molar-refractivity contribution in [3.05, 3.63) is 11.0 Å². The molecule has 2 fully saturated rings. The fourth-order valence-electron chi connectivity index (χ4n) is 4.60. The largest absolute Gasteiger partial charge is 0.475 e. The molecule has 0 unspecified atom stereocenters. The number of hydrogen-bond donors (Lipinski definition) is 1. The predicted octanol–water partition coefficient (Wildman–Crippen LogP) is 3.29. The molecule has 5 rings (SSSR count).